The van der Waals surface area contributed by atoms with Crippen molar-refractivity contribution in [2.45, 2.75) is 19.8 Å². The summed E-state index contributed by atoms with van der Waals surface area (Å²) in [5.74, 6) is -0.179. The van der Waals surface area contributed by atoms with Crippen molar-refractivity contribution in [2.24, 2.45) is 0 Å². The van der Waals surface area contributed by atoms with Crippen LogP contribution in [-0.2, 0) is 9.59 Å². The van der Waals surface area contributed by atoms with Gasteiger partial charge in [0, 0.05) is 61.5 Å². The van der Waals surface area contributed by atoms with E-state index in [0.29, 0.717) is 41.1 Å². The molecule has 3 heterocycles. The number of aromatic nitrogens is 3. The SMILES string of the molecule is CC(=O)N1CCCN(CCC(=O)Nc2cc(Nc3cnnc(-c4cc(Cl)ccc4F)c3)ccn2)C1. The fourth-order valence-electron chi connectivity index (χ4n) is 3.78. The van der Waals surface area contributed by atoms with Gasteiger partial charge in [0.2, 0.25) is 11.8 Å². The molecule has 9 nitrogen and oxygen atoms in total. The monoisotopic (exact) mass is 497 g/mol. The minimum atomic E-state index is -0.451. The zero-order chi connectivity index (χ0) is 24.8. The number of hydrogen-bond acceptors (Lipinski definition) is 7. The van der Waals surface area contributed by atoms with E-state index in [4.69, 9.17) is 11.6 Å². The van der Waals surface area contributed by atoms with E-state index in [2.05, 4.69) is 30.7 Å². The van der Waals surface area contributed by atoms with Gasteiger partial charge in [-0.2, -0.15) is 10.2 Å². The second-order valence-corrected chi connectivity index (χ2v) is 8.64. The van der Waals surface area contributed by atoms with Gasteiger partial charge < -0.3 is 15.5 Å². The van der Waals surface area contributed by atoms with Crippen molar-refractivity contribution >= 4 is 40.6 Å². The Morgan fingerprint density at radius 3 is 2.83 bits per heavy atom. The van der Waals surface area contributed by atoms with Gasteiger partial charge in [-0.15, -0.1) is 0 Å². The Morgan fingerprint density at radius 2 is 2.00 bits per heavy atom. The van der Waals surface area contributed by atoms with Crippen LogP contribution in [-0.4, -0.2) is 63.1 Å². The molecule has 4 rings (SSSR count). The average molecular weight is 498 g/mol. The molecule has 3 aromatic rings. The summed E-state index contributed by atoms with van der Waals surface area (Å²) in [6.07, 6.45) is 4.26. The van der Waals surface area contributed by atoms with Gasteiger partial charge in [0.15, 0.2) is 0 Å². The third kappa shape index (κ3) is 6.71. The number of carbonyl (C=O) groups excluding carboxylic acids is 2. The Morgan fingerprint density at radius 1 is 1.14 bits per heavy atom. The molecule has 35 heavy (non-hydrogen) atoms. The van der Waals surface area contributed by atoms with E-state index in [1.54, 1.807) is 36.2 Å². The first-order chi connectivity index (χ1) is 16.9. The number of anilines is 3. The third-order valence-electron chi connectivity index (χ3n) is 5.55. The van der Waals surface area contributed by atoms with E-state index in [1.807, 2.05) is 0 Å². The second-order valence-electron chi connectivity index (χ2n) is 8.20. The summed E-state index contributed by atoms with van der Waals surface area (Å²) >= 11 is 5.99. The molecule has 0 atom stereocenters. The molecule has 1 aliphatic heterocycles. The first-order valence-corrected chi connectivity index (χ1v) is 11.5. The van der Waals surface area contributed by atoms with Crippen LogP contribution in [0.3, 0.4) is 0 Å². The number of halogens is 2. The standard InChI is InChI=1S/C24H25ClFN7O2/c1-16(34)33-9-2-8-32(15-33)10-6-24(35)30-23-13-18(5-7-27-23)29-19-12-22(31-28-14-19)20-11-17(25)3-4-21(20)26/h3-5,7,11-14H,2,6,8-10,15H2,1H3,(H2,27,29,30,31,35). The number of nitrogens with zero attached hydrogens (tertiary/aromatic N) is 5. The lowest BCUT2D eigenvalue weighted by Gasteiger charge is -2.34. The van der Waals surface area contributed by atoms with E-state index < -0.39 is 5.82 Å². The molecule has 1 aliphatic rings. The van der Waals surface area contributed by atoms with E-state index >= 15 is 0 Å². The highest BCUT2D eigenvalue weighted by molar-refractivity contribution is 6.30. The molecule has 0 spiro atoms. The predicted octanol–water partition coefficient (Wildman–Crippen LogP) is 3.92. The Hall–Kier alpha value is -3.63. The van der Waals surface area contributed by atoms with E-state index in [1.165, 1.54) is 24.4 Å². The maximum atomic E-state index is 14.2. The van der Waals surface area contributed by atoms with Crippen molar-refractivity contribution in [3.8, 4) is 11.3 Å². The van der Waals surface area contributed by atoms with Gasteiger partial charge in [-0.05, 0) is 36.8 Å². The van der Waals surface area contributed by atoms with Crippen LogP contribution >= 0.6 is 11.6 Å². The van der Waals surface area contributed by atoms with Gasteiger partial charge in [-0.3, -0.25) is 14.5 Å². The van der Waals surface area contributed by atoms with Gasteiger partial charge >= 0.3 is 0 Å². The number of nitrogens with one attached hydrogen (secondary N) is 2. The van der Waals surface area contributed by atoms with Crippen LogP contribution in [0.25, 0.3) is 11.3 Å². The van der Waals surface area contributed by atoms with Crippen molar-refractivity contribution in [1.82, 2.24) is 25.0 Å². The topological polar surface area (TPSA) is 103 Å². The highest BCUT2D eigenvalue weighted by Crippen LogP contribution is 2.27. The number of amides is 2. The maximum Gasteiger partial charge on any atom is 0.226 e. The minimum Gasteiger partial charge on any atom is -0.354 e. The van der Waals surface area contributed by atoms with Crippen LogP contribution in [0.15, 0.2) is 48.8 Å². The van der Waals surface area contributed by atoms with Gasteiger partial charge in [0.05, 0.1) is 24.2 Å². The number of benzene rings is 1. The normalized spacial score (nSPS) is 14.0. The molecular weight excluding hydrogens is 473 g/mol. The highest BCUT2D eigenvalue weighted by Gasteiger charge is 2.19. The Labute approximate surface area is 207 Å². The molecule has 0 saturated carbocycles. The number of hydrogen-bond donors (Lipinski definition) is 2. The highest BCUT2D eigenvalue weighted by atomic mass is 35.5. The fraction of sp³-hybridized carbons (Fsp3) is 0.292. The largest absolute Gasteiger partial charge is 0.354 e. The molecule has 1 fully saturated rings. The summed E-state index contributed by atoms with van der Waals surface area (Å²) in [5.41, 5.74) is 1.82. The number of rotatable bonds is 7. The third-order valence-corrected chi connectivity index (χ3v) is 5.78. The maximum absolute atomic E-state index is 14.2. The van der Waals surface area contributed by atoms with E-state index in [9.17, 15) is 14.0 Å². The molecule has 2 N–H and O–H groups in total. The van der Waals surface area contributed by atoms with Crippen LogP contribution in [0.4, 0.5) is 21.6 Å². The van der Waals surface area contributed by atoms with Crippen molar-refractivity contribution in [1.29, 1.82) is 0 Å². The van der Waals surface area contributed by atoms with Crippen LogP contribution in [0.2, 0.25) is 5.02 Å². The Bertz CT molecular complexity index is 1230. The molecule has 0 radical (unpaired) electrons. The summed E-state index contributed by atoms with van der Waals surface area (Å²) in [6.45, 7) is 4.27. The first-order valence-electron chi connectivity index (χ1n) is 11.2. The Kier molecular flexibility index (Phi) is 7.84. The first kappa shape index (κ1) is 24.5. The smallest absolute Gasteiger partial charge is 0.226 e. The molecule has 2 aromatic heterocycles. The molecule has 1 saturated heterocycles. The summed E-state index contributed by atoms with van der Waals surface area (Å²) < 4.78 is 14.2. The van der Waals surface area contributed by atoms with Crippen molar-refractivity contribution < 1.29 is 14.0 Å². The number of pyridine rings is 1. The van der Waals surface area contributed by atoms with Gasteiger partial charge in [0.1, 0.15) is 11.6 Å². The van der Waals surface area contributed by atoms with E-state index in [-0.39, 0.29) is 23.8 Å². The molecule has 0 aliphatic carbocycles. The molecule has 0 bridgehead atoms. The summed E-state index contributed by atoms with van der Waals surface area (Å²) in [7, 11) is 0. The minimum absolute atomic E-state index is 0.0434. The molecule has 11 heteroatoms. The van der Waals surface area contributed by atoms with Crippen LogP contribution in [0.1, 0.15) is 19.8 Å². The zero-order valence-electron chi connectivity index (χ0n) is 19.2. The molecule has 2 amide bonds. The quantitative estimate of drug-likeness (QED) is 0.510. The summed E-state index contributed by atoms with van der Waals surface area (Å²) in [5, 5.41) is 14.3. The number of carbonyl (C=O) groups is 2. The lowest BCUT2D eigenvalue weighted by molar-refractivity contribution is -0.132. The van der Waals surface area contributed by atoms with Crippen molar-refractivity contribution in [2.75, 3.05) is 36.9 Å². The van der Waals surface area contributed by atoms with Crippen LogP contribution in [0, 0.1) is 5.82 Å². The van der Waals surface area contributed by atoms with E-state index in [0.717, 1.165) is 19.5 Å². The van der Waals surface area contributed by atoms with Crippen molar-refractivity contribution in [3.63, 3.8) is 0 Å². The van der Waals surface area contributed by atoms with Crippen LogP contribution in [0.5, 0.6) is 0 Å². The average Bonchev–Trinajstić information content (AvgIpc) is 2.85. The van der Waals surface area contributed by atoms with Gasteiger partial charge in [-0.1, -0.05) is 11.6 Å². The van der Waals surface area contributed by atoms with Gasteiger partial charge in [0.25, 0.3) is 0 Å². The van der Waals surface area contributed by atoms with Crippen molar-refractivity contribution in [3.05, 3.63) is 59.6 Å². The molecule has 0 unspecified atom stereocenters. The summed E-state index contributed by atoms with van der Waals surface area (Å²) in [4.78, 5) is 32.1. The zero-order valence-corrected chi connectivity index (χ0v) is 19.9. The second kappa shape index (κ2) is 11.2. The fourth-order valence-corrected chi connectivity index (χ4v) is 3.95. The van der Waals surface area contributed by atoms with Gasteiger partial charge in [-0.25, -0.2) is 9.37 Å². The predicted molar refractivity (Wildman–Crippen MR) is 132 cm³/mol. The Balaban J connectivity index is 1.36. The lowest BCUT2D eigenvalue weighted by Crippen LogP contribution is -2.47. The molecular formula is C24H25ClFN7O2. The summed E-state index contributed by atoms with van der Waals surface area (Å²) in [6, 6.07) is 9.32. The molecule has 1 aromatic carbocycles. The molecule has 182 valence electrons. The lowest BCUT2D eigenvalue weighted by atomic mass is 10.1. The van der Waals surface area contributed by atoms with Crippen LogP contribution < -0.4 is 10.6 Å².